The van der Waals surface area contributed by atoms with Crippen molar-refractivity contribution in [1.82, 2.24) is 29.8 Å². The van der Waals surface area contributed by atoms with Crippen molar-refractivity contribution in [2.45, 2.75) is 43.0 Å². The van der Waals surface area contributed by atoms with Crippen LogP contribution in [-0.4, -0.2) is 108 Å². The average molecular weight is 513 g/mol. The standard InChI is InChI=1S/C14H25N7O10P2/c1-19-6-21(11-8(19)12(24)18-14(15)17-11)13-10(23)9(22)7(30-13)4-29-33(27,28)31-32(25,26)20-3-2-16-5-20/h2-3,5,7-11,13-14,17,22-23H,4,6,15H2,1H3,(H,18,24)(H,25,26)(H,27,28)/t7-,8?,9-,10-,11?,13-,14?/m1/s1. The number of aromatic nitrogens is 2. The van der Waals surface area contributed by atoms with Gasteiger partial charge in [-0.2, -0.15) is 4.31 Å². The van der Waals surface area contributed by atoms with Crippen molar-refractivity contribution in [3.63, 3.8) is 0 Å². The van der Waals surface area contributed by atoms with Gasteiger partial charge >= 0.3 is 15.6 Å². The number of nitrogens with two attached hydrogens (primary N) is 1. The zero-order valence-corrected chi connectivity index (χ0v) is 19.0. The molecule has 5 unspecified atom stereocenters. The number of ether oxygens (including phenoxy) is 1. The van der Waals surface area contributed by atoms with Crippen LogP contribution >= 0.6 is 15.6 Å². The molecule has 0 bridgehead atoms. The Morgan fingerprint density at radius 3 is 2.73 bits per heavy atom. The number of hydrogen-bond donors (Lipinski definition) is 7. The maximum Gasteiger partial charge on any atom is 0.480 e. The van der Waals surface area contributed by atoms with Gasteiger partial charge in [-0.05, 0) is 7.05 Å². The lowest BCUT2D eigenvalue weighted by molar-refractivity contribution is -0.133. The lowest BCUT2D eigenvalue weighted by Crippen LogP contribution is -2.71. The molecule has 1 aromatic heterocycles. The van der Waals surface area contributed by atoms with E-state index in [1.165, 1.54) is 0 Å². The van der Waals surface area contributed by atoms with Crippen LogP contribution in [0.5, 0.6) is 0 Å². The molecule has 0 radical (unpaired) electrons. The molecule has 19 heteroatoms. The van der Waals surface area contributed by atoms with Gasteiger partial charge < -0.3 is 30.1 Å². The van der Waals surface area contributed by atoms with Gasteiger partial charge in [0.15, 0.2) is 0 Å². The van der Waals surface area contributed by atoms with Gasteiger partial charge in [-0.25, -0.2) is 23.4 Å². The van der Waals surface area contributed by atoms with Gasteiger partial charge in [-0.15, -0.1) is 0 Å². The van der Waals surface area contributed by atoms with E-state index in [9.17, 15) is 33.9 Å². The van der Waals surface area contributed by atoms with E-state index in [0.717, 1.165) is 18.7 Å². The van der Waals surface area contributed by atoms with Gasteiger partial charge in [0.2, 0.25) is 5.91 Å². The van der Waals surface area contributed by atoms with Crippen molar-refractivity contribution >= 4 is 21.5 Å². The molecule has 4 heterocycles. The molecular weight excluding hydrogens is 488 g/mol. The van der Waals surface area contributed by atoms with Crippen LogP contribution in [0.25, 0.3) is 0 Å². The van der Waals surface area contributed by atoms with Gasteiger partial charge in [0.05, 0.1) is 19.4 Å². The van der Waals surface area contributed by atoms with E-state index in [1.54, 1.807) is 16.8 Å². The summed E-state index contributed by atoms with van der Waals surface area (Å²) >= 11 is 0. The van der Waals surface area contributed by atoms with Gasteiger partial charge in [0, 0.05) is 12.4 Å². The number of imidazole rings is 1. The smallest absolute Gasteiger partial charge is 0.387 e. The molecule has 3 aliphatic heterocycles. The van der Waals surface area contributed by atoms with Crippen LogP contribution in [-0.2, 0) is 27.5 Å². The number of phosphoric acid groups is 1. The summed E-state index contributed by atoms with van der Waals surface area (Å²) in [6, 6.07) is -0.638. The summed E-state index contributed by atoms with van der Waals surface area (Å²) < 4.78 is 39.6. The van der Waals surface area contributed by atoms with Gasteiger partial charge in [-0.1, -0.05) is 0 Å². The Morgan fingerprint density at radius 2 is 2.06 bits per heavy atom. The highest BCUT2D eigenvalue weighted by Gasteiger charge is 2.55. The quantitative estimate of drug-likeness (QED) is 0.174. The lowest BCUT2D eigenvalue weighted by atomic mass is 10.1. The third-order valence-corrected chi connectivity index (χ3v) is 8.46. The Labute approximate surface area is 187 Å². The second-order valence-corrected chi connectivity index (χ2v) is 11.1. The summed E-state index contributed by atoms with van der Waals surface area (Å²) in [5.74, 6) is -0.325. The number of aliphatic hydroxyl groups is 2. The first-order valence-corrected chi connectivity index (χ1v) is 12.7. The number of hydrogen-bond acceptors (Lipinski definition) is 13. The van der Waals surface area contributed by atoms with Crippen molar-refractivity contribution in [3.05, 3.63) is 18.7 Å². The van der Waals surface area contributed by atoms with Crippen molar-refractivity contribution in [1.29, 1.82) is 0 Å². The highest BCUT2D eigenvalue weighted by atomic mass is 31.3. The molecule has 17 nitrogen and oxygen atoms in total. The van der Waals surface area contributed by atoms with Crippen LogP contribution in [0.2, 0.25) is 0 Å². The Kier molecular flexibility index (Phi) is 6.81. The summed E-state index contributed by atoms with van der Waals surface area (Å²) in [4.78, 5) is 38.8. The van der Waals surface area contributed by atoms with E-state index in [-0.39, 0.29) is 12.6 Å². The fraction of sp³-hybridized carbons (Fsp3) is 0.714. The van der Waals surface area contributed by atoms with Crippen molar-refractivity contribution in [3.8, 4) is 0 Å². The Morgan fingerprint density at radius 1 is 1.33 bits per heavy atom. The molecule has 3 saturated heterocycles. The molecule has 0 aliphatic carbocycles. The Balaban J connectivity index is 1.40. The topological polar surface area (TPSA) is 234 Å². The summed E-state index contributed by atoms with van der Waals surface area (Å²) in [6.45, 7) is -0.581. The van der Waals surface area contributed by atoms with Gasteiger partial charge in [0.1, 0.15) is 43.2 Å². The summed E-state index contributed by atoms with van der Waals surface area (Å²) in [7, 11) is -8.19. The summed E-state index contributed by atoms with van der Waals surface area (Å²) in [5.41, 5.74) is 5.78. The molecule has 1 aromatic rings. The second-order valence-electron chi connectivity index (χ2n) is 7.78. The van der Waals surface area contributed by atoms with E-state index >= 15 is 0 Å². The molecule has 1 amide bonds. The molecule has 0 spiro atoms. The number of carbonyl (C=O) groups excluding carboxylic acids is 1. The highest BCUT2D eigenvalue weighted by Crippen LogP contribution is 2.60. The third kappa shape index (κ3) is 4.92. The minimum atomic E-state index is -5.09. The van der Waals surface area contributed by atoms with Crippen LogP contribution in [0.1, 0.15) is 0 Å². The number of rotatable bonds is 7. The van der Waals surface area contributed by atoms with E-state index in [2.05, 4.69) is 19.9 Å². The van der Waals surface area contributed by atoms with E-state index in [4.69, 9.17) is 15.0 Å². The number of likely N-dealkylation sites (N-methyl/N-ethyl adjacent to an activating group) is 1. The first kappa shape index (κ1) is 24.8. The molecule has 3 aliphatic rings. The molecule has 33 heavy (non-hydrogen) atoms. The lowest BCUT2D eigenvalue weighted by Gasteiger charge is -2.38. The van der Waals surface area contributed by atoms with Crippen molar-refractivity contribution < 1.29 is 47.5 Å². The fourth-order valence-corrected chi connectivity index (χ4v) is 6.35. The molecule has 0 aromatic carbocycles. The Hall–Kier alpha value is -1.30. The molecule has 0 saturated carbocycles. The zero-order chi connectivity index (χ0) is 24.1. The highest BCUT2D eigenvalue weighted by molar-refractivity contribution is 7.63. The molecule has 4 rings (SSSR count). The van der Waals surface area contributed by atoms with Crippen LogP contribution in [0.3, 0.4) is 0 Å². The molecular formula is C14H25N7O10P2. The molecule has 186 valence electrons. The maximum atomic E-state index is 12.3. The first-order valence-electron chi connectivity index (χ1n) is 9.69. The number of amides is 1. The van der Waals surface area contributed by atoms with Crippen LogP contribution < -0.4 is 16.4 Å². The van der Waals surface area contributed by atoms with E-state index in [0.29, 0.717) is 4.34 Å². The largest absolute Gasteiger partial charge is 0.480 e. The number of aliphatic hydroxyl groups excluding tert-OH is 2. The summed E-state index contributed by atoms with van der Waals surface area (Å²) in [6.07, 6.45) is -3.78. The minimum absolute atomic E-state index is 0.171. The van der Waals surface area contributed by atoms with Gasteiger partial charge in [0.25, 0.3) is 0 Å². The molecule has 9 atom stereocenters. The zero-order valence-electron chi connectivity index (χ0n) is 17.2. The van der Waals surface area contributed by atoms with Gasteiger partial charge in [-0.3, -0.25) is 25.3 Å². The van der Waals surface area contributed by atoms with Crippen LogP contribution in [0.4, 0.5) is 0 Å². The summed E-state index contributed by atoms with van der Waals surface area (Å²) in [5, 5.41) is 26.4. The monoisotopic (exact) mass is 513 g/mol. The number of carbonyl (C=O) groups is 1. The predicted molar refractivity (Wildman–Crippen MR) is 106 cm³/mol. The Bertz CT molecular complexity index is 968. The number of nitrogens with one attached hydrogen (secondary N) is 2. The maximum absolute atomic E-state index is 12.3. The predicted octanol–water partition coefficient (Wildman–Crippen LogP) is -3.73. The van der Waals surface area contributed by atoms with E-state index in [1.807, 2.05) is 0 Å². The fourth-order valence-electron chi connectivity index (χ4n) is 4.00. The van der Waals surface area contributed by atoms with Crippen molar-refractivity contribution in [2.24, 2.45) is 5.73 Å². The SMILES string of the molecule is CN1CN([C@@H]2O[C@H](COP(=O)(O)OP(=O)(O)n3ccnc3)[C@@H](O)[C@H]2O)C2NC(N)NC(=O)C21. The number of fused-ring (bicyclic) bond motifs is 1. The van der Waals surface area contributed by atoms with Crippen LogP contribution in [0, 0.1) is 0 Å². The van der Waals surface area contributed by atoms with E-state index < -0.39 is 65.2 Å². The average Bonchev–Trinajstić information content (AvgIpc) is 3.41. The normalized spacial score (nSPS) is 39.1. The molecule has 8 N–H and O–H groups in total. The molecule has 3 fully saturated rings. The third-order valence-electron chi connectivity index (χ3n) is 5.49. The minimum Gasteiger partial charge on any atom is -0.387 e. The van der Waals surface area contributed by atoms with Crippen LogP contribution in [0.15, 0.2) is 18.7 Å². The first-order chi connectivity index (χ1) is 15.4. The number of nitrogens with zero attached hydrogens (tertiary/aromatic N) is 4. The number of phosphoric ester groups is 1. The second kappa shape index (κ2) is 9.05. The van der Waals surface area contributed by atoms with Crippen molar-refractivity contribution in [2.75, 3.05) is 20.3 Å².